The molecule has 2 unspecified atom stereocenters. The number of aromatic nitrogens is 2. The van der Waals surface area contributed by atoms with Crippen molar-refractivity contribution >= 4 is 0 Å². The van der Waals surface area contributed by atoms with Crippen molar-refractivity contribution in [2.75, 3.05) is 6.54 Å². The number of hydrogen-bond acceptors (Lipinski definition) is 2. The summed E-state index contributed by atoms with van der Waals surface area (Å²) in [6.07, 6.45) is 3.81. The maximum Gasteiger partial charge on any atom is 0.0596 e. The minimum atomic E-state index is 0.755. The van der Waals surface area contributed by atoms with Crippen LogP contribution in [0, 0.1) is 18.8 Å². The predicted molar refractivity (Wildman–Crippen MR) is 56.9 cm³/mol. The van der Waals surface area contributed by atoms with Gasteiger partial charge in [0.1, 0.15) is 0 Å². The highest BCUT2D eigenvalue weighted by atomic mass is 15.3. The molecule has 3 heteroatoms. The Hall–Kier alpha value is -0.830. The molecule has 0 saturated heterocycles. The van der Waals surface area contributed by atoms with Crippen molar-refractivity contribution in [2.24, 2.45) is 24.6 Å². The van der Waals surface area contributed by atoms with Crippen LogP contribution in [0.25, 0.3) is 0 Å². The van der Waals surface area contributed by atoms with E-state index in [9.17, 15) is 0 Å². The van der Waals surface area contributed by atoms with Gasteiger partial charge >= 0.3 is 0 Å². The Morgan fingerprint density at radius 1 is 1.50 bits per heavy atom. The average Bonchev–Trinajstić information content (AvgIpc) is 2.40. The van der Waals surface area contributed by atoms with Crippen LogP contribution in [0.2, 0.25) is 0 Å². The van der Waals surface area contributed by atoms with Gasteiger partial charge < -0.3 is 5.73 Å². The van der Waals surface area contributed by atoms with Crippen LogP contribution in [0.3, 0.4) is 0 Å². The van der Waals surface area contributed by atoms with Gasteiger partial charge in [-0.1, -0.05) is 0 Å². The summed E-state index contributed by atoms with van der Waals surface area (Å²) in [7, 11) is 2.03. The summed E-state index contributed by atoms with van der Waals surface area (Å²) in [6, 6.07) is 2.19. The van der Waals surface area contributed by atoms with Crippen LogP contribution in [0.4, 0.5) is 0 Å². The molecule has 1 fully saturated rings. The van der Waals surface area contributed by atoms with Crippen LogP contribution in [-0.4, -0.2) is 16.3 Å². The molecule has 0 bridgehead atoms. The van der Waals surface area contributed by atoms with Crippen molar-refractivity contribution in [3.63, 3.8) is 0 Å². The Kier molecular flexibility index (Phi) is 2.59. The fourth-order valence-corrected chi connectivity index (χ4v) is 2.34. The van der Waals surface area contributed by atoms with Crippen LogP contribution in [0.15, 0.2) is 6.07 Å². The molecule has 2 atom stereocenters. The molecule has 0 aliphatic heterocycles. The van der Waals surface area contributed by atoms with Gasteiger partial charge in [-0.25, -0.2) is 0 Å². The van der Waals surface area contributed by atoms with Crippen molar-refractivity contribution < 1.29 is 0 Å². The summed E-state index contributed by atoms with van der Waals surface area (Å²) in [6.45, 7) is 2.90. The number of aryl methyl sites for hydroxylation is 2. The molecule has 1 aliphatic rings. The van der Waals surface area contributed by atoms with Gasteiger partial charge in [-0.3, -0.25) is 4.68 Å². The molecular formula is C11H19N3. The number of rotatable bonds is 3. The topological polar surface area (TPSA) is 43.8 Å². The first kappa shape index (κ1) is 9.71. The highest BCUT2D eigenvalue weighted by Gasteiger charge is 2.30. The van der Waals surface area contributed by atoms with E-state index >= 15 is 0 Å². The molecule has 0 spiro atoms. The van der Waals surface area contributed by atoms with Gasteiger partial charge in [0.25, 0.3) is 0 Å². The van der Waals surface area contributed by atoms with E-state index in [0.29, 0.717) is 0 Å². The zero-order valence-electron chi connectivity index (χ0n) is 9.03. The van der Waals surface area contributed by atoms with Gasteiger partial charge in [0.15, 0.2) is 0 Å². The molecule has 78 valence electrons. The lowest BCUT2D eigenvalue weighted by Crippen LogP contribution is -2.34. The Balaban J connectivity index is 2.00. The van der Waals surface area contributed by atoms with E-state index in [1.165, 1.54) is 18.5 Å². The Labute approximate surface area is 85.3 Å². The highest BCUT2D eigenvalue weighted by Crippen LogP contribution is 2.35. The monoisotopic (exact) mass is 193 g/mol. The summed E-state index contributed by atoms with van der Waals surface area (Å²) in [5.74, 6) is 1.56. The number of nitrogens with zero attached hydrogens (tertiary/aromatic N) is 2. The lowest BCUT2D eigenvalue weighted by molar-refractivity contribution is 0.180. The molecule has 0 aromatic carbocycles. The molecular weight excluding hydrogens is 174 g/mol. The quantitative estimate of drug-likeness (QED) is 0.785. The molecule has 1 aromatic rings. The Morgan fingerprint density at radius 2 is 2.21 bits per heavy atom. The second kappa shape index (κ2) is 3.73. The van der Waals surface area contributed by atoms with Gasteiger partial charge in [-0.15, -0.1) is 0 Å². The molecule has 1 saturated carbocycles. The van der Waals surface area contributed by atoms with Gasteiger partial charge in [0.05, 0.1) is 5.69 Å². The maximum absolute atomic E-state index is 5.70. The van der Waals surface area contributed by atoms with Crippen molar-refractivity contribution in [3.8, 4) is 0 Å². The van der Waals surface area contributed by atoms with Gasteiger partial charge in [0, 0.05) is 12.7 Å². The van der Waals surface area contributed by atoms with Crippen LogP contribution < -0.4 is 5.73 Å². The van der Waals surface area contributed by atoms with Crippen molar-refractivity contribution in [2.45, 2.75) is 26.2 Å². The van der Waals surface area contributed by atoms with Gasteiger partial charge in [-0.05, 0) is 50.6 Å². The van der Waals surface area contributed by atoms with Crippen molar-refractivity contribution in [1.82, 2.24) is 9.78 Å². The van der Waals surface area contributed by atoms with Crippen LogP contribution in [-0.2, 0) is 13.5 Å². The maximum atomic E-state index is 5.70. The summed E-state index contributed by atoms with van der Waals surface area (Å²) < 4.78 is 2.00. The van der Waals surface area contributed by atoms with E-state index in [-0.39, 0.29) is 0 Å². The minimum absolute atomic E-state index is 0.755. The first-order chi connectivity index (χ1) is 6.70. The van der Waals surface area contributed by atoms with E-state index in [1.54, 1.807) is 0 Å². The summed E-state index contributed by atoms with van der Waals surface area (Å²) in [5, 5.41) is 4.36. The zero-order chi connectivity index (χ0) is 10.1. The molecule has 1 aliphatic carbocycles. The summed E-state index contributed by atoms with van der Waals surface area (Å²) in [5.41, 5.74) is 8.17. The van der Waals surface area contributed by atoms with E-state index in [4.69, 9.17) is 5.73 Å². The number of hydrogen-bond donors (Lipinski definition) is 1. The molecule has 0 radical (unpaired) electrons. The molecule has 3 nitrogen and oxygen atoms in total. The smallest absolute Gasteiger partial charge is 0.0596 e. The normalized spacial score (nSPS) is 26.2. The molecule has 2 rings (SSSR count). The van der Waals surface area contributed by atoms with Crippen LogP contribution in [0.5, 0.6) is 0 Å². The van der Waals surface area contributed by atoms with E-state index < -0.39 is 0 Å². The second-order valence-electron chi connectivity index (χ2n) is 4.44. The first-order valence-electron chi connectivity index (χ1n) is 5.40. The third-order valence-corrected chi connectivity index (χ3v) is 3.45. The lowest BCUT2D eigenvalue weighted by Gasteiger charge is -2.35. The van der Waals surface area contributed by atoms with Gasteiger partial charge in [-0.2, -0.15) is 5.10 Å². The second-order valence-corrected chi connectivity index (χ2v) is 4.44. The van der Waals surface area contributed by atoms with Crippen molar-refractivity contribution in [1.29, 1.82) is 0 Å². The van der Waals surface area contributed by atoms with Crippen LogP contribution in [0.1, 0.15) is 24.2 Å². The standard InChI is InChI=1S/C11H19N3/c1-8-5-11(14(2)13-8)6-9-3-4-10(9)7-12/h5,9-10H,3-4,6-7,12H2,1-2H3. The van der Waals surface area contributed by atoms with Gasteiger partial charge in [0.2, 0.25) is 0 Å². The Morgan fingerprint density at radius 3 is 2.64 bits per heavy atom. The van der Waals surface area contributed by atoms with Crippen LogP contribution >= 0.6 is 0 Å². The third kappa shape index (κ3) is 1.69. The molecule has 2 N–H and O–H groups in total. The van der Waals surface area contributed by atoms with Crippen molar-refractivity contribution in [3.05, 3.63) is 17.5 Å². The summed E-state index contributed by atoms with van der Waals surface area (Å²) in [4.78, 5) is 0. The summed E-state index contributed by atoms with van der Waals surface area (Å²) >= 11 is 0. The SMILES string of the molecule is Cc1cc(CC2CCC2CN)n(C)n1. The third-order valence-electron chi connectivity index (χ3n) is 3.45. The molecule has 1 heterocycles. The predicted octanol–water partition coefficient (Wildman–Crippen LogP) is 1.26. The minimum Gasteiger partial charge on any atom is -0.330 e. The number of nitrogens with two attached hydrogens (primary N) is 1. The average molecular weight is 193 g/mol. The molecule has 14 heavy (non-hydrogen) atoms. The Bertz CT molecular complexity index is 314. The van der Waals surface area contributed by atoms with E-state index in [1.807, 2.05) is 18.7 Å². The molecule has 1 aromatic heterocycles. The lowest BCUT2D eigenvalue weighted by atomic mass is 9.71. The largest absolute Gasteiger partial charge is 0.330 e. The fourth-order valence-electron chi connectivity index (χ4n) is 2.34. The first-order valence-corrected chi connectivity index (χ1v) is 5.40. The van der Waals surface area contributed by atoms with E-state index in [0.717, 1.165) is 30.5 Å². The highest BCUT2D eigenvalue weighted by molar-refractivity contribution is 5.10. The fraction of sp³-hybridized carbons (Fsp3) is 0.727. The molecule has 0 amide bonds. The van der Waals surface area contributed by atoms with E-state index in [2.05, 4.69) is 11.2 Å². The zero-order valence-corrected chi connectivity index (χ0v) is 9.03.